The molecular formula is C10H12N2S. The molecule has 68 valence electrons. The summed E-state index contributed by atoms with van der Waals surface area (Å²) in [6.07, 6.45) is 0.698. The van der Waals surface area contributed by atoms with Gasteiger partial charge in [0.05, 0.1) is 5.84 Å². The Hall–Kier alpha value is -0.960. The number of amidine groups is 1. The highest BCUT2D eigenvalue weighted by Gasteiger charge is 2.22. The lowest BCUT2D eigenvalue weighted by Gasteiger charge is -2.08. The molecule has 1 atom stereocenters. The second-order valence-electron chi connectivity index (χ2n) is 3.28. The highest BCUT2D eigenvalue weighted by molar-refractivity contribution is 7.99. The van der Waals surface area contributed by atoms with Crippen molar-refractivity contribution in [3.63, 3.8) is 0 Å². The van der Waals surface area contributed by atoms with Crippen molar-refractivity contribution in [2.45, 2.75) is 17.2 Å². The van der Waals surface area contributed by atoms with Gasteiger partial charge < -0.3 is 5.73 Å². The van der Waals surface area contributed by atoms with Gasteiger partial charge in [0.25, 0.3) is 0 Å². The van der Waals surface area contributed by atoms with Crippen LogP contribution < -0.4 is 5.73 Å². The zero-order chi connectivity index (χ0) is 9.26. The van der Waals surface area contributed by atoms with Crippen LogP contribution in [0.1, 0.15) is 17.9 Å². The van der Waals surface area contributed by atoms with Crippen molar-refractivity contribution in [3.05, 3.63) is 29.8 Å². The number of nitrogens with one attached hydrogen (secondary N) is 1. The topological polar surface area (TPSA) is 49.9 Å². The highest BCUT2D eigenvalue weighted by Crippen LogP contribution is 2.40. The first-order valence-corrected chi connectivity index (χ1v) is 5.30. The highest BCUT2D eigenvalue weighted by atomic mass is 32.2. The van der Waals surface area contributed by atoms with Gasteiger partial charge in [-0.15, -0.1) is 11.8 Å². The number of hydrogen-bond donors (Lipinski definition) is 2. The molecule has 1 aromatic carbocycles. The summed E-state index contributed by atoms with van der Waals surface area (Å²) in [6.45, 7) is 0. The molecule has 1 aliphatic heterocycles. The van der Waals surface area contributed by atoms with Gasteiger partial charge in [0, 0.05) is 23.0 Å². The van der Waals surface area contributed by atoms with Crippen LogP contribution in [0.15, 0.2) is 29.2 Å². The van der Waals surface area contributed by atoms with Gasteiger partial charge >= 0.3 is 0 Å². The second-order valence-corrected chi connectivity index (χ2v) is 4.34. The first-order chi connectivity index (χ1) is 6.27. The van der Waals surface area contributed by atoms with Crippen LogP contribution in [0.2, 0.25) is 0 Å². The minimum absolute atomic E-state index is 0.294. The van der Waals surface area contributed by atoms with E-state index < -0.39 is 0 Å². The van der Waals surface area contributed by atoms with Crippen LogP contribution in [0.4, 0.5) is 0 Å². The number of fused-ring (bicyclic) bond motifs is 1. The molecule has 0 amide bonds. The van der Waals surface area contributed by atoms with Crippen molar-refractivity contribution >= 4 is 17.6 Å². The van der Waals surface area contributed by atoms with E-state index in [1.807, 2.05) is 11.8 Å². The molecule has 0 saturated heterocycles. The maximum Gasteiger partial charge on any atom is 0.0911 e. The summed E-state index contributed by atoms with van der Waals surface area (Å²) in [5.41, 5.74) is 6.77. The summed E-state index contributed by atoms with van der Waals surface area (Å²) in [4.78, 5) is 1.36. The van der Waals surface area contributed by atoms with E-state index >= 15 is 0 Å². The van der Waals surface area contributed by atoms with E-state index in [-0.39, 0.29) is 0 Å². The Labute approximate surface area is 82.0 Å². The molecule has 2 nitrogen and oxygen atoms in total. The van der Waals surface area contributed by atoms with E-state index in [0.717, 1.165) is 5.75 Å². The Morgan fingerprint density at radius 3 is 3.08 bits per heavy atom. The third kappa shape index (κ3) is 1.70. The molecule has 2 rings (SSSR count). The van der Waals surface area contributed by atoms with Gasteiger partial charge in [-0.25, -0.2) is 0 Å². The van der Waals surface area contributed by atoms with Crippen molar-refractivity contribution < 1.29 is 0 Å². The van der Waals surface area contributed by atoms with Crippen LogP contribution in [0.25, 0.3) is 0 Å². The molecule has 1 aromatic rings. The molecule has 0 aromatic heterocycles. The standard InChI is InChI=1S/C10H12N2S/c11-10(12)5-7-6-13-9-4-2-1-3-8(7)9/h1-4,7H,5-6H2,(H3,11,12). The van der Waals surface area contributed by atoms with E-state index in [9.17, 15) is 0 Å². The molecule has 1 unspecified atom stereocenters. The van der Waals surface area contributed by atoms with Gasteiger partial charge in [0.2, 0.25) is 0 Å². The summed E-state index contributed by atoms with van der Waals surface area (Å²) in [6, 6.07) is 8.39. The fourth-order valence-corrected chi connectivity index (χ4v) is 2.92. The summed E-state index contributed by atoms with van der Waals surface area (Å²) in [5.74, 6) is 1.82. The van der Waals surface area contributed by atoms with Gasteiger partial charge in [0.1, 0.15) is 0 Å². The fourth-order valence-electron chi connectivity index (χ4n) is 1.66. The number of rotatable bonds is 2. The first-order valence-electron chi connectivity index (χ1n) is 4.32. The fraction of sp³-hybridized carbons (Fsp3) is 0.300. The molecule has 0 saturated carbocycles. The van der Waals surface area contributed by atoms with Crippen LogP contribution in [-0.4, -0.2) is 11.6 Å². The van der Waals surface area contributed by atoms with Crippen molar-refractivity contribution in [1.29, 1.82) is 5.41 Å². The summed E-state index contributed by atoms with van der Waals surface area (Å²) < 4.78 is 0. The Kier molecular flexibility index (Phi) is 2.27. The Balaban J connectivity index is 2.23. The van der Waals surface area contributed by atoms with Crippen LogP contribution in [-0.2, 0) is 0 Å². The normalized spacial score (nSPS) is 19.8. The number of hydrogen-bond acceptors (Lipinski definition) is 2. The average molecular weight is 192 g/mol. The monoisotopic (exact) mass is 192 g/mol. The van der Waals surface area contributed by atoms with Gasteiger partial charge in [-0.1, -0.05) is 18.2 Å². The molecule has 0 spiro atoms. The Bertz CT molecular complexity index is 335. The van der Waals surface area contributed by atoms with Crippen molar-refractivity contribution in [3.8, 4) is 0 Å². The maximum absolute atomic E-state index is 7.27. The van der Waals surface area contributed by atoms with Crippen molar-refractivity contribution in [2.24, 2.45) is 5.73 Å². The van der Waals surface area contributed by atoms with E-state index in [1.54, 1.807) is 0 Å². The minimum Gasteiger partial charge on any atom is -0.388 e. The summed E-state index contributed by atoms with van der Waals surface area (Å²) in [5, 5.41) is 7.27. The molecule has 0 aliphatic carbocycles. The zero-order valence-corrected chi connectivity index (χ0v) is 8.10. The van der Waals surface area contributed by atoms with E-state index in [0.29, 0.717) is 18.2 Å². The van der Waals surface area contributed by atoms with Crippen molar-refractivity contribution in [1.82, 2.24) is 0 Å². The van der Waals surface area contributed by atoms with Crippen LogP contribution in [0, 0.1) is 5.41 Å². The number of nitrogens with two attached hydrogens (primary N) is 1. The molecule has 13 heavy (non-hydrogen) atoms. The smallest absolute Gasteiger partial charge is 0.0911 e. The largest absolute Gasteiger partial charge is 0.388 e. The number of benzene rings is 1. The van der Waals surface area contributed by atoms with Gasteiger partial charge in [-0.05, 0) is 11.6 Å². The Morgan fingerprint density at radius 1 is 1.54 bits per heavy atom. The van der Waals surface area contributed by atoms with Gasteiger partial charge in [-0.2, -0.15) is 0 Å². The van der Waals surface area contributed by atoms with E-state index in [1.165, 1.54) is 10.5 Å². The molecule has 0 bridgehead atoms. The van der Waals surface area contributed by atoms with Crippen LogP contribution >= 0.6 is 11.8 Å². The van der Waals surface area contributed by atoms with Gasteiger partial charge in [-0.3, -0.25) is 5.41 Å². The minimum atomic E-state index is 0.294. The quantitative estimate of drug-likeness (QED) is 0.557. The number of thioether (sulfide) groups is 1. The van der Waals surface area contributed by atoms with E-state index in [2.05, 4.69) is 24.3 Å². The molecule has 0 fully saturated rings. The predicted octanol–water partition coefficient (Wildman–Crippen LogP) is 2.20. The summed E-state index contributed by atoms with van der Waals surface area (Å²) in [7, 11) is 0. The lowest BCUT2D eigenvalue weighted by atomic mass is 9.98. The predicted molar refractivity (Wildman–Crippen MR) is 56.4 cm³/mol. The lowest BCUT2D eigenvalue weighted by molar-refractivity contribution is 0.811. The van der Waals surface area contributed by atoms with E-state index in [4.69, 9.17) is 11.1 Å². The van der Waals surface area contributed by atoms with Crippen LogP contribution in [0.3, 0.4) is 0 Å². The molecule has 1 aliphatic rings. The molecule has 0 radical (unpaired) electrons. The molecule has 3 heteroatoms. The molecule has 3 N–H and O–H groups in total. The lowest BCUT2D eigenvalue weighted by Crippen LogP contribution is -2.14. The molecule has 1 heterocycles. The average Bonchev–Trinajstić information content (AvgIpc) is 2.48. The van der Waals surface area contributed by atoms with Crippen molar-refractivity contribution in [2.75, 3.05) is 5.75 Å². The van der Waals surface area contributed by atoms with Gasteiger partial charge in [0.15, 0.2) is 0 Å². The third-order valence-corrected chi connectivity index (χ3v) is 3.52. The van der Waals surface area contributed by atoms with Crippen LogP contribution in [0.5, 0.6) is 0 Å². The molecular weight excluding hydrogens is 180 g/mol. The third-order valence-electron chi connectivity index (χ3n) is 2.27. The summed E-state index contributed by atoms with van der Waals surface area (Å²) >= 11 is 1.87. The second kappa shape index (κ2) is 3.42. The zero-order valence-electron chi connectivity index (χ0n) is 7.29. The first kappa shape index (κ1) is 8.63. The Morgan fingerprint density at radius 2 is 2.31 bits per heavy atom. The maximum atomic E-state index is 7.27. The SMILES string of the molecule is N=C(N)CC1CSc2ccccc21.